The first-order valence-corrected chi connectivity index (χ1v) is 6.97. The van der Waals surface area contributed by atoms with Crippen LogP contribution < -0.4 is 4.74 Å². The van der Waals surface area contributed by atoms with Gasteiger partial charge in [0.1, 0.15) is 5.75 Å². The lowest BCUT2D eigenvalue weighted by Gasteiger charge is -2.32. The van der Waals surface area contributed by atoms with E-state index < -0.39 is 12.0 Å². The van der Waals surface area contributed by atoms with Crippen molar-refractivity contribution in [2.45, 2.75) is 13.0 Å². The van der Waals surface area contributed by atoms with E-state index >= 15 is 0 Å². The van der Waals surface area contributed by atoms with Crippen LogP contribution in [0.3, 0.4) is 0 Å². The molecule has 1 atom stereocenters. The molecule has 6 nitrogen and oxygen atoms in total. The topological polar surface area (TPSA) is 76.1 Å². The summed E-state index contributed by atoms with van der Waals surface area (Å²) in [5.41, 5.74) is 1.52. The quantitative estimate of drug-likeness (QED) is 0.851. The van der Waals surface area contributed by atoms with E-state index in [-0.39, 0.29) is 19.1 Å². The summed E-state index contributed by atoms with van der Waals surface area (Å²) in [6, 6.07) is 6.43. The van der Waals surface area contributed by atoms with Gasteiger partial charge < -0.3 is 19.5 Å². The average Bonchev–Trinajstić information content (AvgIpc) is 2.54. The molecule has 1 aromatic rings. The first-order chi connectivity index (χ1) is 10.5. The number of carboxylic acids is 1. The highest BCUT2D eigenvalue weighted by Crippen LogP contribution is 2.25. The number of amides is 1. The molecule has 0 spiro atoms. The first kappa shape index (κ1) is 16.0. The fourth-order valence-corrected chi connectivity index (χ4v) is 2.39. The molecule has 118 valence electrons. The molecule has 0 bridgehead atoms. The number of allylic oxidation sites excluding steroid dienone is 1. The summed E-state index contributed by atoms with van der Waals surface area (Å²) < 4.78 is 10.4. The Kier molecular flexibility index (Phi) is 5.16. The van der Waals surface area contributed by atoms with E-state index in [1.807, 2.05) is 24.3 Å². The van der Waals surface area contributed by atoms with Gasteiger partial charge in [0.2, 0.25) is 5.91 Å². The third-order valence-corrected chi connectivity index (χ3v) is 3.57. The van der Waals surface area contributed by atoms with Gasteiger partial charge in [0.05, 0.1) is 20.3 Å². The summed E-state index contributed by atoms with van der Waals surface area (Å²) in [7, 11) is 1.57. The molecule has 1 saturated heterocycles. The Balaban J connectivity index is 2.23. The van der Waals surface area contributed by atoms with Crippen molar-refractivity contribution in [3.8, 4) is 5.75 Å². The lowest BCUT2D eigenvalue weighted by Crippen LogP contribution is -2.52. The second-order valence-corrected chi connectivity index (χ2v) is 4.99. The fourth-order valence-electron chi connectivity index (χ4n) is 2.39. The minimum atomic E-state index is -1.06. The van der Waals surface area contributed by atoms with Crippen LogP contribution in [0.5, 0.6) is 5.75 Å². The van der Waals surface area contributed by atoms with Crippen molar-refractivity contribution < 1.29 is 24.2 Å². The fraction of sp³-hybridized carbons (Fsp3) is 0.375. The maximum atomic E-state index is 12.4. The number of benzene rings is 1. The molecule has 1 fully saturated rings. The van der Waals surface area contributed by atoms with Gasteiger partial charge in [-0.1, -0.05) is 18.2 Å². The van der Waals surface area contributed by atoms with Gasteiger partial charge in [-0.05, 0) is 18.6 Å². The standard InChI is InChI=1S/C16H19NO5/c1-11(12-5-3-4-6-14(12)21-2)9-15(18)17-7-8-22-10-13(17)16(19)20/h3-6,9,13H,7-8,10H2,1-2H3,(H,19,20)/b11-9+. The van der Waals surface area contributed by atoms with E-state index in [0.717, 1.165) is 11.1 Å². The van der Waals surface area contributed by atoms with E-state index in [1.54, 1.807) is 14.0 Å². The molecular weight excluding hydrogens is 286 g/mol. The zero-order valence-electron chi connectivity index (χ0n) is 12.6. The Morgan fingerprint density at radius 1 is 1.41 bits per heavy atom. The van der Waals surface area contributed by atoms with Crippen LogP contribution in [-0.4, -0.2) is 54.8 Å². The van der Waals surface area contributed by atoms with E-state index in [1.165, 1.54) is 11.0 Å². The summed E-state index contributed by atoms with van der Waals surface area (Å²) in [6.07, 6.45) is 1.44. The van der Waals surface area contributed by atoms with Crippen LogP contribution in [0.25, 0.3) is 5.57 Å². The molecular formula is C16H19NO5. The molecule has 22 heavy (non-hydrogen) atoms. The van der Waals surface area contributed by atoms with E-state index in [2.05, 4.69) is 0 Å². The normalized spacial score (nSPS) is 18.9. The van der Waals surface area contributed by atoms with Crippen molar-refractivity contribution >= 4 is 17.4 Å². The van der Waals surface area contributed by atoms with Crippen molar-refractivity contribution in [1.29, 1.82) is 0 Å². The van der Waals surface area contributed by atoms with Gasteiger partial charge in [0.15, 0.2) is 6.04 Å². The molecule has 1 aliphatic heterocycles. The number of ether oxygens (including phenoxy) is 2. The molecule has 1 aromatic carbocycles. The maximum Gasteiger partial charge on any atom is 0.328 e. The summed E-state index contributed by atoms with van der Waals surface area (Å²) in [4.78, 5) is 24.9. The Morgan fingerprint density at radius 3 is 2.82 bits per heavy atom. The molecule has 0 saturated carbocycles. The minimum Gasteiger partial charge on any atom is -0.496 e. The third kappa shape index (κ3) is 3.46. The number of carbonyl (C=O) groups excluding carboxylic acids is 1. The van der Waals surface area contributed by atoms with E-state index in [9.17, 15) is 14.7 Å². The molecule has 2 rings (SSSR count). The largest absolute Gasteiger partial charge is 0.496 e. The van der Waals surface area contributed by atoms with Crippen LogP contribution in [0.2, 0.25) is 0 Å². The summed E-state index contributed by atoms with van der Waals surface area (Å²) in [5, 5.41) is 9.18. The second-order valence-electron chi connectivity index (χ2n) is 4.99. The third-order valence-electron chi connectivity index (χ3n) is 3.57. The number of rotatable bonds is 4. The molecule has 1 aliphatic rings. The zero-order valence-corrected chi connectivity index (χ0v) is 12.6. The predicted molar refractivity (Wildman–Crippen MR) is 80.6 cm³/mol. The van der Waals surface area contributed by atoms with Gasteiger partial charge in [0.25, 0.3) is 0 Å². The summed E-state index contributed by atoms with van der Waals surface area (Å²) in [6.45, 7) is 2.43. The zero-order chi connectivity index (χ0) is 16.1. The van der Waals surface area contributed by atoms with Crippen LogP contribution in [0.4, 0.5) is 0 Å². The number of hydrogen-bond donors (Lipinski definition) is 1. The smallest absolute Gasteiger partial charge is 0.328 e. The number of carbonyl (C=O) groups is 2. The van der Waals surface area contributed by atoms with Crippen LogP contribution in [0.1, 0.15) is 12.5 Å². The molecule has 0 radical (unpaired) electrons. The number of carboxylic acid groups (broad SMARTS) is 1. The maximum absolute atomic E-state index is 12.4. The van der Waals surface area contributed by atoms with Gasteiger partial charge >= 0.3 is 5.97 Å². The Hall–Kier alpha value is -2.34. The number of hydrogen-bond acceptors (Lipinski definition) is 4. The van der Waals surface area contributed by atoms with Gasteiger partial charge in [0, 0.05) is 18.2 Å². The van der Waals surface area contributed by atoms with Gasteiger partial charge in [-0.25, -0.2) is 4.79 Å². The van der Waals surface area contributed by atoms with Crippen molar-refractivity contribution in [2.75, 3.05) is 26.9 Å². The van der Waals surface area contributed by atoms with Gasteiger partial charge in [-0.3, -0.25) is 4.79 Å². The van der Waals surface area contributed by atoms with Crippen LogP contribution in [0, 0.1) is 0 Å². The minimum absolute atomic E-state index is 0.0165. The number of methoxy groups -OCH3 is 1. The lowest BCUT2D eigenvalue weighted by molar-refractivity contribution is -0.156. The van der Waals surface area contributed by atoms with Crippen molar-refractivity contribution in [2.24, 2.45) is 0 Å². The molecule has 1 heterocycles. The number of nitrogens with zero attached hydrogens (tertiary/aromatic N) is 1. The molecule has 6 heteroatoms. The molecule has 1 N–H and O–H groups in total. The average molecular weight is 305 g/mol. The first-order valence-electron chi connectivity index (χ1n) is 6.97. The lowest BCUT2D eigenvalue weighted by atomic mass is 10.1. The van der Waals surface area contributed by atoms with Crippen LogP contribution >= 0.6 is 0 Å². The number of morpholine rings is 1. The number of para-hydroxylation sites is 1. The Labute approximate surface area is 128 Å². The molecule has 0 aliphatic carbocycles. The van der Waals surface area contributed by atoms with Crippen molar-refractivity contribution in [3.05, 3.63) is 35.9 Å². The van der Waals surface area contributed by atoms with Crippen LogP contribution in [0.15, 0.2) is 30.3 Å². The van der Waals surface area contributed by atoms with Gasteiger partial charge in [-0.2, -0.15) is 0 Å². The molecule has 1 unspecified atom stereocenters. The van der Waals surface area contributed by atoms with Crippen LogP contribution in [-0.2, 0) is 14.3 Å². The predicted octanol–water partition coefficient (Wildman–Crippen LogP) is 1.41. The highest BCUT2D eigenvalue weighted by atomic mass is 16.5. The SMILES string of the molecule is COc1ccccc1/C(C)=C/C(=O)N1CCOCC1C(=O)O. The van der Waals surface area contributed by atoms with Crippen molar-refractivity contribution in [1.82, 2.24) is 4.90 Å². The summed E-state index contributed by atoms with van der Waals surface area (Å²) >= 11 is 0. The monoisotopic (exact) mass is 305 g/mol. The second kappa shape index (κ2) is 7.09. The van der Waals surface area contributed by atoms with Crippen molar-refractivity contribution in [3.63, 3.8) is 0 Å². The molecule has 1 amide bonds. The number of aliphatic carboxylic acids is 1. The highest BCUT2D eigenvalue weighted by Gasteiger charge is 2.31. The van der Waals surface area contributed by atoms with Gasteiger partial charge in [-0.15, -0.1) is 0 Å². The molecule has 0 aromatic heterocycles. The Bertz CT molecular complexity index is 596. The van der Waals surface area contributed by atoms with E-state index in [0.29, 0.717) is 12.4 Å². The highest BCUT2D eigenvalue weighted by molar-refractivity contribution is 5.97. The summed E-state index contributed by atoms with van der Waals surface area (Å²) in [5.74, 6) is -0.726. The Morgan fingerprint density at radius 2 is 2.14 bits per heavy atom. The van der Waals surface area contributed by atoms with E-state index in [4.69, 9.17) is 9.47 Å².